The number of aromatic carboxylic acids is 1. The molecule has 9 nitrogen and oxygen atoms in total. The topological polar surface area (TPSA) is 115 Å². The third-order valence-corrected chi connectivity index (χ3v) is 5.96. The van der Waals surface area contributed by atoms with Crippen LogP contribution in [0.4, 0.5) is 18.6 Å². The standard InChI is InChI=1S/C22H30F2N4O5S/c1-4-28(9-10-29)8-6-5-7-27(3)22(32)25-20-18(21(30)31)19(26-34-20)33-13-15-12-16(23)14(2)11-17(15)24/h11-12,29H,4-10,13H2,1-3H3,(H,25,32)(H,30,31). The fourth-order valence-corrected chi connectivity index (χ4v) is 3.86. The fraction of sp³-hybridized carbons (Fsp3) is 0.500. The van der Waals surface area contributed by atoms with E-state index >= 15 is 0 Å². The number of aliphatic hydroxyl groups is 1. The van der Waals surface area contributed by atoms with Crippen molar-refractivity contribution in [2.45, 2.75) is 33.3 Å². The van der Waals surface area contributed by atoms with E-state index in [4.69, 9.17) is 9.84 Å². The quantitative estimate of drug-likeness (QED) is 0.360. The molecule has 2 rings (SSSR count). The van der Waals surface area contributed by atoms with Crippen LogP contribution in [0.15, 0.2) is 12.1 Å². The van der Waals surface area contributed by atoms with Crippen LogP contribution >= 0.6 is 11.5 Å². The van der Waals surface area contributed by atoms with Gasteiger partial charge in [-0.25, -0.2) is 18.4 Å². The van der Waals surface area contributed by atoms with Gasteiger partial charge in [-0.1, -0.05) is 6.92 Å². The summed E-state index contributed by atoms with van der Waals surface area (Å²) in [6, 6.07) is 1.51. The van der Waals surface area contributed by atoms with Gasteiger partial charge in [0.25, 0.3) is 0 Å². The van der Waals surface area contributed by atoms with Crippen molar-refractivity contribution in [1.82, 2.24) is 14.2 Å². The number of carbonyl (C=O) groups excluding carboxylic acids is 1. The van der Waals surface area contributed by atoms with Gasteiger partial charge in [0.1, 0.15) is 23.2 Å². The molecule has 0 saturated carbocycles. The summed E-state index contributed by atoms with van der Waals surface area (Å²) in [6.45, 7) is 5.79. The van der Waals surface area contributed by atoms with Crippen LogP contribution in [-0.2, 0) is 6.61 Å². The number of carboxylic acid groups (broad SMARTS) is 1. The van der Waals surface area contributed by atoms with Crippen LogP contribution in [-0.4, -0.2) is 76.2 Å². The lowest BCUT2D eigenvalue weighted by atomic mass is 10.1. The molecular weight excluding hydrogens is 470 g/mol. The van der Waals surface area contributed by atoms with Gasteiger partial charge < -0.3 is 24.7 Å². The summed E-state index contributed by atoms with van der Waals surface area (Å²) in [6.07, 6.45) is 1.56. The Hall–Kier alpha value is -2.83. The highest BCUT2D eigenvalue weighted by atomic mass is 32.1. The molecule has 2 aromatic rings. The summed E-state index contributed by atoms with van der Waals surface area (Å²) < 4.78 is 37.0. The zero-order valence-corrected chi connectivity index (χ0v) is 20.3. The number of urea groups is 1. The third kappa shape index (κ3) is 7.61. The number of nitrogens with one attached hydrogen (secondary N) is 1. The van der Waals surface area contributed by atoms with Crippen molar-refractivity contribution in [2.24, 2.45) is 0 Å². The number of benzene rings is 1. The molecule has 34 heavy (non-hydrogen) atoms. The highest BCUT2D eigenvalue weighted by molar-refractivity contribution is 7.11. The summed E-state index contributed by atoms with van der Waals surface area (Å²) in [4.78, 5) is 27.8. The molecule has 0 bridgehead atoms. The molecule has 188 valence electrons. The van der Waals surface area contributed by atoms with Crippen molar-refractivity contribution < 1.29 is 33.3 Å². The van der Waals surface area contributed by atoms with E-state index < -0.39 is 30.2 Å². The van der Waals surface area contributed by atoms with Crippen molar-refractivity contribution >= 4 is 28.5 Å². The highest BCUT2D eigenvalue weighted by Gasteiger charge is 2.24. The number of amides is 2. The van der Waals surface area contributed by atoms with Gasteiger partial charge in [0.2, 0.25) is 5.88 Å². The van der Waals surface area contributed by atoms with Gasteiger partial charge in [-0.15, -0.1) is 0 Å². The second-order valence-corrected chi connectivity index (χ2v) is 8.47. The van der Waals surface area contributed by atoms with Crippen LogP contribution in [0.25, 0.3) is 0 Å². The first-order valence-electron chi connectivity index (χ1n) is 10.8. The summed E-state index contributed by atoms with van der Waals surface area (Å²) in [5.41, 5.74) is -0.302. The van der Waals surface area contributed by atoms with Gasteiger partial charge in [0.15, 0.2) is 5.56 Å². The zero-order chi connectivity index (χ0) is 25.3. The smallest absolute Gasteiger partial charge is 0.344 e. The van der Waals surface area contributed by atoms with Crippen molar-refractivity contribution in [3.63, 3.8) is 0 Å². The Balaban J connectivity index is 1.96. The molecule has 0 aliphatic rings. The lowest BCUT2D eigenvalue weighted by Gasteiger charge is -2.21. The van der Waals surface area contributed by atoms with Gasteiger partial charge in [-0.2, -0.15) is 4.37 Å². The highest BCUT2D eigenvalue weighted by Crippen LogP contribution is 2.31. The number of hydrogen-bond donors (Lipinski definition) is 3. The predicted molar refractivity (Wildman–Crippen MR) is 125 cm³/mol. The summed E-state index contributed by atoms with van der Waals surface area (Å²) in [5.74, 6) is -2.96. The van der Waals surface area contributed by atoms with E-state index in [1.807, 2.05) is 6.92 Å². The monoisotopic (exact) mass is 500 g/mol. The van der Waals surface area contributed by atoms with Crippen molar-refractivity contribution in [3.05, 3.63) is 40.5 Å². The summed E-state index contributed by atoms with van der Waals surface area (Å²) >= 11 is 0.723. The number of nitrogens with zero attached hydrogens (tertiary/aromatic N) is 3. The van der Waals surface area contributed by atoms with Gasteiger partial charge in [-0.3, -0.25) is 5.32 Å². The maximum atomic E-state index is 14.0. The van der Waals surface area contributed by atoms with E-state index in [0.717, 1.165) is 49.6 Å². The van der Waals surface area contributed by atoms with Crippen molar-refractivity contribution in [2.75, 3.05) is 45.2 Å². The van der Waals surface area contributed by atoms with Crippen LogP contribution in [0.3, 0.4) is 0 Å². The number of likely N-dealkylation sites (N-methyl/N-ethyl adjacent to an activating group) is 1. The SMILES string of the molecule is CCN(CCO)CCCCN(C)C(=O)Nc1snc(OCc2cc(F)c(C)cc2F)c1C(=O)O. The first-order chi connectivity index (χ1) is 16.2. The minimum Gasteiger partial charge on any atom is -0.477 e. The molecule has 0 atom stereocenters. The molecule has 1 aromatic carbocycles. The minimum atomic E-state index is -1.37. The maximum Gasteiger partial charge on any atom is 0.344 e. The van der Waals surface area contributed by atoms with Crippen LogP contribution < -0.4 is 10.1 Å². The molecular formula is C22H30F2N4O5S. The molecule has 0 aliphatic carbocycles. The number of aromatic nitrogens is 1. The molecule has 0 radical (unpaired) electrons. The molecule has 12 heteroatoms. The molecule has 0 saturated heterocycles. The minimum absolute atomic E-state index is 0.0185. The second kappa shape index (κ2) is 13.2. The number of anilines is 1. The van der Waals surface area contributed by atoms with E-state index in [0.29, 0.717) is 13.1 Å². The molecule has 0 fully saturated rings. The molecule has 0 unspecified atom stereocenters. The van der Waals surface area contributed by atoms with Crippen molar-refractivity contribution in [1.29, 1.82) is 0 Å². The number of carbonyl (C=O) groups is 2. The zero-order valence-electron chi connectivity index (χ0n) is 19.4. The summed E-state index contributed by atoms with van der Waals surface area (Å²) in [7, 11) is 1.59. The number of aliphatic hydroxyl groups excluding tert-OH is 1. The van der Waals surface area contributed by atoms with Crippen LogP contribution in [0.1, 0.15) is 41.3 Å². The average molecular weight is 501 g/mol. The number of ether oxygens (including phenoxy) is 1. The van der Waals surface area contributed by atoms with Crippen molar-refractivity contribution in [3.8, 4) is 5.88 Å². The first kappa shape index (κ1) is 27.4. The Morgan fingerprint density at radius 1 is 1.18 bits per heavy atom. The Kier molecular flexibility index (Phi) is 10.6. The number of unbranched alkanes of at least 4 members (excludes halogenated alkanes) is 1. The fourth-order valence-electron chi connectivity index (χ4n) is 3.14. The molecule has 0 aliphatic heterocycles. The molecule has 0 spiro atoms. The normalized spacial score (nSPS) is 11.0. The molecule has 1 heterocycles. The lowest BCUT2D eigenvalue weighted by molar-refractivity contribution is 0.0693. The Morgan fingerprint density at radius 3 is 2.53 bits per heavy atom. The molecule has 2 amide bonds. The number of halogens is 2. The number of aryl methyl sites for hydroxylation is 1. The largest absolute Gasteiger partial charge is 0.477 e. The van der Waals surface area contributed by atoms with Crippen LogP contribution in [0.2, 0.25) is 0 Å². The van der Waals surface area contributed by atoms with E-state index in [1.165, 1.54) is 11.8 Å². The van der Waals surface area contributed by atoms with Gasteiger partial charge in [-0.05, 0) is 62.1 Å². The third-order valence-electron chi connectivity index (χ3n) is 5.22. The Labute approximate surface area is 201 Å². The maximum absolute atomic E-state index is 14.0. The Bertz CT molecular complexity index is 988. The first-order valence-corrected chi connectivity index (χ1v) is 11.6. The van der Waals surface area contributed by atoms with Crippen LogP contribution in [0, 0.1) is 18.6 Å². The van der Waals surface area contributed by atoms with Gasteiger partial charge >= 0.3 is 12.0 Å². The van der Waals surface area contributed by atoms with Crippen LogP contribution in [0.5, 0.6) is 5.88 Å². The number of hydrogen-bond acceptors (Lipinski definition) is 7. The molecule has 1 aromatic heterocycles. The van der Waals surface area contributed by atoms with E-state index in [2.05, 4.69) is 14.6 Å². The van der Waals surface area contributed by atoms with Gasteiger partial charge in [0.05, 0.1) is 6.61 Å². The van der Waals surface area contributed by atoms with E-state index in [1.54, 1.807) is 7.05 Å². The van der Waals surface area contributed by atoms with Gasteiger partial charge in [0, 0.05) is 25.7 Å². The van der Waals surface area contributed by atoms with E-state index in [9.17, 15) is 23.5 Å². The predicted octanol–water partition coefficient (Wildman–Crippen LogP) is 3.57. The summed E-state index contributed by atoms with van der Waals surface area (Å²) in [5, 5.41) is 21.1. The van der Waals surface area contributed by atoms with E-state index in [-0.39, 0.29) is 34.2 Å². The number of carboxylic acids is 1. The Morgan fingerprint density at radius 2 is 1.88 bits per heavy atom. The second-order valence-electron chi connectivity index (χ2n) is 7.70. The molecule has 3 N–H and O–H groups in total. The number of rotatable bonds is 13. The average Bonchev–Trinajstić information content (AvgIpc) is 3.19. The lowest BCUT2D eigenvalue weighted by Crippen LogP contribution is -2.33.